The second-order valence-electron chi connectivity index (χ2n) is 2.97. The molecule has 0 radical (unpaired) electrons. The molecule has 1 unspecified atom stereocenters. The average molecular weight is 369 g/mol. The van der Waals surface area contributed by atoms with Crippen LogP contribution in [0.2, 0.25) is 0 Å². The van der Waals surface area contributed by atoms with Crippen molar-refractivity contribution in [3.05, 3.63) is 19.3 Å². The molecule has 0 aliphatic carbocycles. The topological polar surface area (TPSA) is 51.8 Å². The van der Waals surface area contributed by atoms with Gasteiger partial charge in [0, 0.05) is 4.47 Å². The molecule has 0 spiro atoms. The van der Waals surface area contributed by atoms with Crippen LogP contribution in [0.25, 0.3) is 9.88 Å². The van der Waals surface area contributed by atoms with E-state index in [1.807, 2.05) is 13.0 Å². The lowest BCUT2D eigenvalue weighted by Gasteiger charge is -1.94. The molecule has 2 aromatic rings. The first-order valence-electron chi connectivity index (χ1n) is 4.12. The Bertz CT molecular complexity index is 458. The van der Waals surface area contributed by atoms with Crippen LogP contribution in [-0.2, 0) is 0 Å². The highest BCUT2D eigenvalue weighted by molar-refractivity contribution is 9.13. The summed E-state index contributed by atoms with van der Waals surface area (Å²) < 4.78 is 2.11. The van der Waals surface area contributed by atoms with Gasteiger partial charge in [-0.15, -0.1) is 21.5 Å². The maximum absolute atomic E-state index is 5.73. The molecule has 1 atom stereocenters. The van der Waals surface area contributed by atoms with Gasteiger partial charge < -0.3 is 5.73 Å². The summed E-state index contributed by atoms with van der Waals surface area (Å²) in [5.41, 5.74) is 5.73. The summed E-state index contributed by atoms with van der Waals surface area (Å²) in [6.45, 7) is 1.91. The van der Waals surface area contributed by atoms with E-state index in [9.17, 15) is 0 Å². The lowest BCUT2D eigenvalue weighted by Crippen LogP contribution is -2.03. The van der Waals surface area contributed by atoms with Crippen LogP contribution in [0.1, 0.15) is 18.0 Å². The van der Waals surface area contributed by atoms with Crippen molar-refractivity contribution in [2.45, 2.75) is 13.0 Å². The van der Waals surface area contributed by atoms with E-state index in [2.05, 4.69) is 42.1 Å². The van der Waals surface area contributed by atoms with Crippen molar-refractivity contribution in [1.82, 2.24) is 10.2 Å². The second kappa shape index (κ2) is 4.58. The van der Waals surface area contributed by atoms with Crippen LogP contribution in [0.4, 0.5) is 0 Å². The SMILES string of the molecule is CC(N)c1nnc(-c2cc(Br)c(Br)s2)s1. The smallest absolute Gasteiger partial charge is 0.157 e. The molecule has 0 aliphatic rings. The van der Waals surface area contributed by atoms with E-state index >= 15 is 0 Å². The predicted octanol–water partition coefficient (Wildman–Crippen LogP) is 3.81. The summed E-state index contributed by atoms with van der Waals surface area (Å²) in [4.78, 5) is 1.10. The van der Waals surface area contributed by atoms with Gasteiger partial charge in [0.1, 0.15) is 5.01 Å². The first-order valence-corrected chi connectivity index (χ1v) is 7.34. The zero-order chi connectivity index (χ0) is 11.0. The van der Waals surface area contributed by atoms with E-state index in [0.29, 0.717) is 0 Å². The fraction of sp³-hybridized carbons (Fsp3) is 0.250. The van der Waals surface area contributed by atoms with Crippen LogP contribution in [0.15, 0.2) is 14.3 Å². The number of nitrogens with two attached hydrogens (primary N) is 1. The molecule has 15 heavy (non-hydrogen) atoms. The normalized spacial score (nSPS) is 13.1. The molecule has 3 nitrogen and oxygen atoms in total. The van der Waals surface area contributed by atoms with Gasteiger partial charge in [-0.1, -0.05) is 11.3 Å². The van der Waals surface area contributed by atoms with Gasteiger partial charge in [0.2, 0.25) is 0 Å². The first-order chi connectivity index (χ1) is 7.08. The third-order valence-corrected chi connectivity index (χ3v) is 6.24. The molecular formula is C8H7Br2N3S2. The van der Waals surface area contributed by atoms with Crippen molar-refractivity contribution in [2.24, 2.45) is 5.73 Å². The predicted molar refractivity (Wildman–Crippen MR) is 71.2 cm³/mol. The Kier molecular flexibility index (Phi) is 3.56. The monoisotopic (exact) mass is 367 g/mol. The zero-order valence-corrected chi connectivity index (χ0v) is 12.5. The van der Waals surface area contributed by atoms with E-state index in [-0.39, 0.29) is 6.04 Å². The molecule has 7 heteroatoms. The van der Waals surface area contributed by atoms with E-state index in [4.69, 9.17) is 5.73 Å². The van der Waals surface area contributed by atoms with Crippen LogP contribution in [0.5, 0.6) is 0 Å². The number of aromatic nitrogens is 2. The van der Waals surface area contributed by atoms with Gasteiger partial charge in [-0.05, 0) is 44.8 Å². The summed E-state index contributed by atoms with van der Waals surface area (Å²) in [7, 11) is 0. The summed E-state index contributed by atoms with van der Waals surface area (Å²) in [5.74, 6) is 0. The summed E-state index contributed by atoms with van der Waals surface area (Å²) in [5, 5.41) is 9.95. The number of hydrogen-bond acceptors (Lipinski definition) is 5. The van der Waals surface area contributed by atoms with Crippen molar-refractivity contribution < 1.29 is 0 Å². The average Bonchev–Trinajstić information content (AvgIpc) is 2.74. The molecule has 0 fully saturated rings. The van der Waals surface area contributed by atoms with Crippen molar-refractivity contribution >= 4 is 54.5 Å². The van der Waals surface area contributed by atoms with E-state index in [0.717, 1.165) is 23.2 Å². The molecule has 80 valence electrons. The van der Waals surface area contributed by atoms with Crippen LogP contribution in [-0.4, -0.2) is 10.2 Å². The number of hydrogen-bond donors (Lipinski definition) is 1. The fourth-order valence-electron chi connectivity index (χ4n) is 0.970. The van der Waals surface area contributed by atoms with Gasteiger partial charge in [0.05, 0.1) is 14.7 Å². The van der Waals surface area contributed by atoms with Crippen molar-refractivity contribution in [3.8, 4) is 9.88 Å². The minimum atomic E-state index is -0.0527. The Morgan fingerprint density at radius 1 is 1.33 bits per heavy atom. The van der Waals surface area contributed by atoms with Gasteiger partial charge >= 0.3 is 0 Å². The molecule has 0 amide bonds. The largest absolute Gasteiger partial charge is 0.322 e. The molecule has 2 rings (SSSR count). The number of nitrogens with zero attached hydrogens (tertiary/aromatic N) is 2. The molecule has 0 bridgehead atoms. The van der Waals surface area contributed by atoms with Gasteiger partial charge in [-0.3, -0.25) is 0 Å². The first kappa shape index (κ1) is 11.7. The quantitative estimate of drug-likeness (QED) is 0.876. The molecule has 0 aliphatic heterocycles. The lowest BCUT2D eigenvalue weighted by atomic mass is 10.4. The number of thiophene rings is 1. The number of halogens is 2. The Hall–Kier alpha value is 0.180. The summed E-state index contributed by atoms with van der Waals surface area (Å²) in [6.07, 6.45) is 0. The van der Waals surface area contributed by atoms with Gasteiger partial charge in [0.15, 0.2) is 5.01 Å². The Morgan fingerprint density at radius 2 is 2.07 bits per heavy atom. The van der Waals surface area contributed by atoms with Gasteiger partial charge in [-0.2, -0.15) is 0 Å². The highest BCUT2D eigenvalue weighted by Crippen LogP contribution is 2.39. The molecule has 0 saturated carbocycles. The van der Waals surface area contributed by atoms with E-state index in [1.165, 1.54) is 11.3 Å². The number of rotatable bonds is 2. The highest BCUT2D eigenvalue weighted by Gasteiger charge is 2.13. The Labute approximate surface area is 112 Å². The van der Waals surface area contributed by atoms with Crippen molar-refractivity contribution in [3.63, 3.8) is 0 Å². The summed E-state index contributed by atoms with van der Waals surface area (Å²) >= 11 is 10.1. The van der Waals surface area contributed by atoms with Gasteiger partial charge in [0.25, 0.3) is 0 Å². The molecule has 0 saturated heterocycles. The third kappa shape index (κ3) is 2.47. The van der Waals surface area contributed by atoms with Crippen molar-refractivity contribution in [1.29, 1.82) is 0 Å². The van der Waals surface area contributed by atoms with Crippen LogP contribution >= 0.6 is 54.5 Å². The maximum Gasteiger partial charge on any atom is 0.157 e. The molecule has 0 aromatic carbocycles. The van der Waals surface area contributed by atoms with Crippen molar-refractivity contribution in [2.75, 3.05) is 0 Å². The minimum Gasteiger partial charge on any atom is -0.322 e. The maximum atomic E-state index is 5.73. The molecule has 2 N–H and O–H groups in total. The minimum absolute atomic E-state index is 0.0527. The fourth-order valence-corrected chi connectivity index (χ4v) is 3.84. The van der Waals surface area contributed by atoms with Crippen LogP contribution < -0.4 is 5.73 Å². The highest BCUT2D eigenvalue weighted by atomic mass is 79.9. The molecule has 2 heterocycles. The lowest BCUT2D eigenvalue weighted by molar-refractivity contribution is 0.786. The van der Waals surface area contributed by atoms with Gasteiger partial charge in [-0.25, -0.2) is 0 Å². The standard InChI is InChI=1S/C8H7Br2N3S2/c1-3(11)7-12-13-8(15-7)5-2-4(9)6(10)14-5/h2-3H,11H2,1H3. The van der Waals surface area contributed by atoms with E-state index in [1.54, 1.807) is 11.3 Å². The second-order valence-corrected chi connectivity index (χ2v) is 7.20. The van der Waals surface area contributed by atoms with Crippen LogP contribution in [0.3, 0.4) is 0 Å². The zero-order valence-electron chi connectivity index (χ0n) is 7.70. The Morgan fingerprint density at radius 3 is 2.53 bits per heavy atom. The van der Waals surface area contributed by atoms with Crippen LogP contribution in [0, 0.1) is 0 Å². The third-order valence-electron chi connectivity index (χ3n) is 1.69. The molecule has 2 aromatic heterocycles. The summed E-state index contributed by atoms with van der Waals surface area (Å²) in [6, 6.07) is 1.98. The van der Waals surface area contributed by atoms with E-state index < -0.39 is 0 Å². The molecular weight excluding hydrogens is 362 g/mol. The Balaban J connectivity index is 2.37.